The summed E-state index contributed by atoms with van der Waals surface area (Å²) in [6, 6.07) is 11.2. The molecule has 1 aromatic carbocycles. The Balaban J connectivity index is 1.64. The van der Waals surface area contributed by atoms with E-state index in [-0.39, 0.29) is 5.91 Å². The van der Waals surface area contributed by atoms with Crippen LogP contribution < -0.4 is 10.1 Å². The topological polar surface area (TPSA) is 51.2 Å². The second-order valence-corrected chi connectivity index (χ2v) is 6.99. The van der Waals surface area contributed by atoms with Gasteiger partial charge in [-0.1, -0.05) is 29.8 Å². The van der Waals surface area contributed by atoms with Gasteiger partial charge in [-0.15, -0.1) is 11.3 Å². The van der Waals surface area contributed by atoms with Gasteiger partial charge >= 0.3 is 0 Å². The molecule has 1 amide bonds. The van der Waals surface area contributed by atoms with E-state index in [2.05, 4.69) is 10.3 Å². The molecule has 0 saturated carbocycles. The van der Waals surface area contributed by atoms with E-state index in [1.165, 1.54) is 17.5 Å². The summed E-state index contributed by atoms with van der Waals surface area (Å²) in [7, 11) is 0. The fraction of sp³-hybridized carbons (Fsp3) is 0.158. The molecule has 0 spiro atoms. The quantitative estimate of drug-likeness (QED) is 0.665. The molecule has 0 aliphatic carbocycles. The van der Waals surface area contributed by atoms with Crippen LogP contribution in [0, 0.1) is 13.8 Å². The molecule has 2 aromatic heterocycles. The molecule has 0 radical (unpaired) electrons. The number of nitrogens with zero attached hydrogens (tertiary/aromatic N) is 1. The Hall–Kier alpha value is -2.37. The van der Waals surface area contributed by atoms with E-state index in [1.54, 1.807) is 12.1 Å². The number of pyridine rings is 1. The summed E-state index contributed by atoms with van der Waals surface area (Å²) < 4.78 is 5.93. The molecule has 0 atom stereocenters. The molecule has 1 N–H and O–H groups in total. The maximum atomic E-state index is 12.3. The van der Waals surface area contributed by atoms with Gasteiger partial charge in [0.2, 0.25) is 0 Å². The molecule has 6 heteroatoms. The summed E-state index contributed by atoms with van der Waals surface area (Å²) in [6.07, 6.45) is 1.50. The fourth-order valence-electron chi connectivity index (χ4n) is 2.38. The third kappa shape index (κ3) is 4.38. The van der Waals surface area contributed by atoms with Gasteiger partial charge in [0.1, 0.15) is 18.2 Å². The summed E-state index contributed by atoms with van der Waals surface area (Å²) >= 11 is 7.17. The van der Waals surface area contributed by atoms with Crippen molar-refractivity contribution < 1.29 is 9.53 Å². The van der Waals surface area contributed by atoms with Crippen molar-refractivity contribution in [3.05, 3.63) is 74.6 Å². The van der Waals surface area contributed by atoms with E-state index < -0.39 is 0 Å². The summed E-state index contributed by atoms with van der Waals surface area (Å²) in [5.74, 6) is 1.17. The van der Waals surface area contributed by atoms with Gasteiger partial charge in [-0.3, -0.25) is 4.79 Å². The predicted molar refractivity (Wildman–Crippen MR) is 102 cm³/mol. The Labute approximate surface area is 155 Å². The fourth-order valence-corrected chi connectivity index (χ4v) is 3.28. The number of nitrogens with one attached hydrogen (secondary N) is 1. The SMILES string of the molecule is Cc1cccc(C)c1OCc1csc(C(=O)Nc2ccc(Cl)cn2)c1. The third-order valence-corrected chi connectivity index (χ3v) is 4.84. The molecule has 128 valence electrons. The molecular weight excluding hydrogens is 356 g/mol. The number of para-hydroxylation sites is 1. The molecule has 0 aliphatic heterocycles. The zero-order valence-electron chi connectivity index (χ0n) is 13.9. The van der Waals surface area contributed by atoms with Crippen molar-refractivity contribution in [3.8, 4) is 5.75 Å². The number of ether oxygens (including phenoxy) is 1. The summed E-state index contributed by atoms with van der Waals surface area (Å²) in [5.41, 5.74) is 3.16. The number of carbonyl (C=O) groups is 1. The van der Waals surface area contributed by atoms with E-state index in [9.17, 15) is 4.79 Å². The highest BCUT2D eigenvalue weighted by Gasteiger charge is 2.11. The van der Waals surface area contributed by atoms with Crippen LogP contribution in [0.25, 0.3) is 0 Å². The van der Waals surface area contributed by atoms with Crippen LogP contribution in [-0.2, 0) is 6.61 Å². The Kier molecular flexibility index (Phi) is 5.36. The zero-order valence-corrected chi connectivity index (χ0v) is 15.4. The van der Waals surface area contributed by atoms with Gasteiger partial charge < -0.3 is 10.1 Å². The molecule has 0 saturated heterocycles. The van der Waals surface area contributed by atoms with Gasteiger partial charge in [0.05, 0.1) is 9.90 Å². The van der Waals surface area contributed by atoms with E-state index in [4.69, 9.17) is 16.3 Å². The van der Waals surface area contributed by atoms with Crippen LogP contribution in [0.15, 0.2) is 48.0 Å². The number of hydrogen-bond acceptors (Lipinski definition) is 4. The van der Waals surface area contributed by atoms with E-state index in [0.717, 1.165) is 22.4 Å². The van der Waals surface area contributed by atoms with Crippen LogP contribution in [0.3, 0.4) is 0 Å². The minimum absolute atomic E-state index is 0.196. The minimum atomic E-state index is -0.196. The highest BCUT2D eigenvalue weighted by Crippen LogP contribution is 2.25. The van der Waals surface area contributed by atoms with Gasteiger partial charge in [0.25, 0.3) is 5.91 Å². The van der Waals surface area contributed by atoms with Crippen LogP contribution in [0.5, 0.6) is 5.75 Å². The number of halogens is 1. The highest BCUT2D eigenvalue weighted by molar-refractivity contribution is 7.12. The molecule has 0 unspecified atom stereocenters. The number of anilines is 1. The van der Waals surface area contributed by atoms with Crippen molar-refractivity contribution in [1.82, 2.24) is 4.98 Å². The number of benzene rings is 1. The smallest absolute Gasteiger partial charge is 0.266 e. The molecule has 2 heterocycles. The lowest BCUT2D eigenvalue weighted by molar-refractivity contribution is 0.103. The average Bonchev–Trinajstić information content (AvgIpc) is 3.06. The second-order valence-electron chi connectivity index (χ2n) is 5.64. The largest absolute Gasteiger partial charge is 0.488 e. The molecule has 0 fully saturated rings. The highest BCUT2D eigenvalue weighted by atomic mass is 35.5. The molecule has 25 heavy (non-hydrogen) atoms. The number of aromatic nitrogens is 1. The number of rotatable bonds is 5. The summed E-state index contributed by atoms with van der Waals surface area (Å²) in [5, 5.41) is 5.21. The Morgan fingerprint density at radius 3 is 2.68 bits per heavy atom. The first-order chi connectivity index (χ1) is 12.0. The molecule has 0 bridgehead atoms. The standard InChI is InChI=1S/C19H17ClN2O2S/c1-12-4-3-5-13(2)18(12)24-10-14-8-16(25-11-14)19(23)22-17-7-6-15(20)9-21-17/h3-9,11H,10H2,1-2H3,(H,21,22,23). The molecule has 0 aliphatic rings. The van der Waals surface area contributed by atoms with E-state index >= 15 is 0 Å². The normalized spacial score (nSPS) is 10.5. The van der Waals surface area contributed by atoms with Crippen molar-refractivity contribution in [2.75, 3.05) is 5.32 Å². The first-order valence-corrected chi connectivity index (χ1v) is 8.98. The molecule has 4 nitrogen and oxygen atoms in total. The van der Waals surface area contributed by atoms with Gasteiger partial charge in [-0.2, -0.15) is 0 Å². The van der Waals surface area contributed by atoms with Crippen molar-refractivity contribution in [3.63, 3.8) is 0 Å². The van der Waals surface area contributed by atoms with Gasteiger partial charge in [-0.05, 0) is 48.6 Å². The van der Waals surface area contributed by atoms with Crippen molar-refractivity contribution >= 4 is 34.7 Å². The van der Waals surface area contributed by atoms with Gasteiger partial charge in [0.15, 0.2) is 0 Å². The Morgan fingerprint density at radius 1 is 1.24 bits per heavy atom. The average molecular weight is 373 g/mol. The second kappa shape index (κ2) is 7.68. The number of amides is 1. The maximum absolute atomic E-state index is 12.3. The number of aryl methyl sites for hydroxylation is 2. The Bertz CT molecular complexity index is 870. The number of hydrogen-bond donors (Lipinski definition) is 1. The van der Waals surface area contributed by atoms with Crippen LogP contribution in [0.4, 0.5) is 5.82 Å². The lowest BCUT2D eigenvalue weighted by Crippen LogP contribution is -2.11. The van der Waals surface area contributed by atoms with E-state index in [0.29, 0.717) is 22.3 Å². The van der Waals surface area contributed by atoms with E-state index in [1.807, 2.05) is 43.5 Å². The summed E-state index contributed by atoms with van der Waals surface area (Å²) in [6.45, 7) is 4.47. The van der Waals surface area contributed by atoms with Crippen molar-refractivity contribution in [1.29, 1.82) is 0 Å². The van der Waals surface area contributed by atoms with Crippen LogP contribution in [0.2, 0.25) is 5.02 Å². The Morgan fingerprint density at radius 2 is 2.00 bits per heavy atom. The lowest BCUT2D eigenvalue weighted by Gasteiger charge is -2.10. The third-order valence-electron chi connectivity index (χ3n) is 3.64. The number of carbonyl (C=O) groups excluding carboxylic acids is 1. The zero-order chi connectivity index (χ0) is 17.8. The molecule has 3 aromatic rings. The molecule has 3 rings (SSSR count). The maximum Gasteiger partial charge on any atom is 0.266 e. The summed E-state index contributed by atoms with van der Waals surface area (Å²) in [4.78, 5) is 17.0. The van der Waals surface area contributed by atoms with Crippen molar-refractivity contribution in [2.24, 2.45) is 0 Å². The first-order valence-electron chi connectivity index (χ1n) is 7.72. The minimum Gasteiger partial charge on any atom is -0.488 e. The van der Waals surface area contributed by atoms with Crippen LogP contribution in [0.1, 0.15) is 26.4 Å². The van der Waals surface area contributed by atoms with Gasteiger partial charge in [0, 0.05) is 11.8 Å². The molecular formula is C19H17ClN2O2S. The lowest BCUT2D eigenvalue weighted by atomic mass is 10.1. The van der Waals surface area contributed by atoms with Crippen LogP contribution >= 0.6 is 22.9 Å². The first kappa shape index (κ1) is 17.5. The monoisotopic (exact) mass is 372 g/mol. The predicted octanol–water partition coefficient (Wildman–Crippen LogP) is 5.24. The van der Waals surface area contributed by atoms with Gasteiger partial charge in [-0.25, -0.2) is 4.98 Å². The number of thiophene rings is 1. The van der Waals surface area contributed by atoms with Crippen LogP contribution in [-0.4, -0.2) is 10.9 Å². The van der Waals surface area contributed by atoms with Crippen molar-refractivity contribution in [2.45, 2.75) is 20.5 Å².